The number of aliphatic hydroxyl groups excluding tert-OH is 1. The molecule has 0 bridgehead atoms. The second kappa shape index (κ2) is 11.6. The number of hydrogen-bond acceptors (Lipinski definition) is 3. The van der Waals surface area contributed by atoms with Crippen LogP contribution in [0.4, 0.5) is 0 Å². The summed E-state index contributed by atoms with van der Waals surface area (Å²) in [4.78, 5) is 0. The number of phenols is 1. The summed E-state index contributed by atoms with van der Waals surface area (Å²) in [7, 11) is 0. The first kappa shape index (κ1) is 25.3. The summed E-state index contributed by atoms with van der Waals surface area (Å²) in [6, 6.07) is 1.76. The van der Waals surface area contributed by atoms with Gasteiger partial charge >= 0.3 is 0 Å². The van der Waals surface area contributed by atoms with E-state index in [0.717, 1.165) is 68.2 Å². The summed E-state index contributed by atoms with van der Waals surface area (Å²) in [6.45, 7) is 12.7. The van der Waals surface area contributed by atoms with Gasteiger partial charge in [0.05, 0.1) is 6.61 Å². The molecule has 3 nitrogen and oxygen atoms in total. The van der Waals surface area contributed by atoms with Gasteiger partial charge in [-0.2, -0.15) is 0 Å². The number of aryl methyl sites for hydroxylation is 1. The zero-order valence-electron chi connectivity index (χ0n) is 20.5. The molecule has 0 radical (unpaired) electrons. The summed E-state index contributed by atoms with van der Waals surface area (Å²) in [5.74, 6) is 1.02. The van der Waals surface area contributed by atoms with E-state index in [9.17, 15) is 10.2 Å². The molecular formula is C28H42O3. The lowest BCUT2D eigenvalue weighted by Crippen LogP contribution is -2.36. The largest absolute Gasteiger partial charge is 0.508 e. The first-order chi connectivity index (χ1) is 14.6. The fourth-order valence-corrected chi connectivity index (χ4v) is 4.25. The summed E-state index contributed by atoms with van der Waals surface area (Å²) in [5, 5.41) is 19.7. The standard InChI is InChI=1S/C28H42O3/c1-20(2)10-7-11-21(3)12-8-13-22(4)14-9-16-28(6)17-15-24-18-26(30)25(19-29)23(5)27(24)31-28/h10,12,14,18,29-30H,7-9,11,13,15-17,19H2,1-6H3/t28-/m1/s1. The van der Waals surface area contributed by atoms with Crippen LogP contribution in [-0.2, 0) is 13.0 Å². The summed E-state index contributed by atoms with van der Waals surface area (Å²) >= 11 is 0. The van der Waals surface area contributed by atoms with Crippen LogP contribution in [0.1, 0.15) is 96.3 Å². The van der Waals surface area contributed by atoms with Gasteiger partial charge in [-0.1, -0.05) is 34.9 Å². The number of ether oxygens (including phenoxy) is 1. The molecule has 31 heavy (non-hydrogen) atoms. The second-order valence-electron chi connectivity index (χ2n) is 9.70. The lowest BCUT2D eigenvalue weighted by atomic mass is 9.86. The fraction of sp³-hybridized carbons (Fsp3) is 0.571. The van der Waals surface area contributed by atoms with Crippen LogP contribution >= 0.6 is 0 Å². The summed E-state index contributed by atoms with van der Waals surface area (Å²) in [6.07, 6.45) is 15.4. The molecule has 1 atom stereocenters. The molecule has 0 saturated heterocycles. The molecule has 1 aliphatic rings. The summed E-state index contributed by atoms with van der Waals surface area (Å²) < 4.78 is 6.43. The Bertz CT molecular complexity index is 840. The topological polar surface area (TPSA) is 49.7 Å². The number of benzene rings is 1. The van der Waals surface area contributed by atoms with Crippen LogP contribution in [0.3, 0.4) is 0 Å². The lowest BCUT2D eigenvalue weighted by Gasteiger charge is -2.37. The highest BCUT2D eigenvalue weighted by molar-refractivity contribution is 5.53. The van der Waals surface area contributed by atoms with Gasteiger partial charge in [0.15, 0.2) is 0 Å². The van der Waals surface area contributed by atoms with Gasteiger partial charge in [0.2, 0.25) is 0 Å². The van der Waals surface area contributed by atoms with Crippen molar-refractivity contribution < 1.29 is 14.9 Å². The van der Waals surface area contributed by atoms with Crippen LogP contribution in [0.25, 0.3) is 0 Å². The van der Waals surface area contributed by atoms with Gasteiger partial charge < -0.3 is 14.9 Å². The third-order valence-electron chi connectivity index (χ3n) is 6.42. The molecule has 2 N–H and O–H groups in total. The van der Waals surface area contributed by atoms with Crippen LogP contribution < -0.4 is 4.74 Å². The predicted molar refractivity (Wildman–Crippen MR) is 131 cm³/mol. The molecule has 1 aromatic carbocycles. The Balaban J connectivity index is 1.86. The molecule has 0 unspecified atom stereocenters. The minimum Gasteiger partial charge on any atom is -0.508 e. The number of aromatic hydroxyl groups is 1. The molecule has 172 valence electrons. The molecule has 0 amide bonds. The van der Waals surface area contributed by atoms with Crippen molar-refractivity contribution in [2.45, 2.75) is 105 Å². The Kier molecular flexibility index (Phi) is 9.43. The van der Waals surface area contributed by atoms with Crippen molar-refractivity contribution in [2.24, 2.45) is 0 Å². The van der Waals surface area contributed by atoms with Gasteiger partial charge in [-0.05, 0) is 105 Å². The smallest absolute Gasteiger partial charge is 0.126 e. The maximum atomic E-state index is 10.1. The average Bonchev–Trinajstić information content (AvgIpc) is 2.69. The van der Waals surface area contributed by atoms with Gasteiger partial charge in [0.25, 0.3) is 0 Å². The van der Waals surface area contributed by atoms with E-state index in [1.54, 1.807) is 6.07 Å². The molecule has 1 aliphatic heterocycles. The van der Waals surface area contributed by atoms with E-state index in [-0.39, 0.29) is 18.0 Å². The predicted octanol–water partition coefficient (Wildman–Crippen LogP) is 7.48. The third-order valence-corrected chi connectivity index (χ3v) is 6.42. The van der Waals surface area contributed by atoms with Crippen molar-refractivity contribution in [3.8, 4) is 11.5 Å². The van der Waals surface area contributed by atoms with Crippen molar-refractivity contribution in [3.05, 3.63) is 57.7 Å². The number of hydrogen-bond donors (Lipinski definition) is 2. The van der Waals surface area contributed by atoms with Crippen LogP contribution in [0, 0.1) is 6.92 Å². The van der Waals surface area contributed by atoms with Crippen LogP contribution in [0.5, 0.6) is 11.5 Å². The van der Waals surface area contributed by atoms with E-state index in [4.69, 9.17) is 4.74 Å². The number of rotatable bonds is 10. The molecule has 0 aliphatic carbocycles. The van der Waals surface area contributed by atoms with Crippen LogP contribution in [-0.4, -0.2) is 15.8 Å². The van der Waals surface area contributed by atoms with Gasteiger partial charge in [-0.3, -0.25) is 0 Å². The van der Waals surface area contributed by atoms with E-state index >= 15 is 0 Å². The van der Waals surface area contributed by atoms with Crippen LogP contribution in [0.2, 0.25) is 0 Å². The van der Waals surface area contributed by atoms with Crippen LogP contribution in [0.15, 0.2) is 41.0 Å². The molecule has 0 aromatic heterocycles. The highest BCUT2D eigenvalue weighted by Crippen LogP contribution is 2.42. The molecule has 0 fully saturated rings. The Labute approximate surface area is 189 Å². The van der Waals surface area contributed by atoms with Gasteiger partial charge in [0, 0.05) is 11.1 Å². The SMILES string of the molecule is CC(C)=CCCC(C)=CCCC(C)=CCC[C@]1(C)CCc2cc(O)c(CO)c(C)c2O1. The van der Waals surface area contributed by atoms with Crippen molar-refractivity contribution in [1.29, 1.82) is 0 Å². The highest BCUT2D eigenvalue weighted by atomic mass is 16.5. The minimum absolute atomic E-state index is 0.171. The zero-order valence-corrected chi connectivity index (χ0v) is 20.5. The second-order valence-corrected chi connectivity index (χ2v) is 9.70. The fourth-order valence-electron chi connectivity index (χ4n) is 4.25. The summed E-state index contributed by atoms with van der Waals surface area (Å²) in [5.41, 5.74) is 6.59. The number of aliphatic hydroxyl groups is 1. The van der Waals surface area contributed by atoms with Gasteiger partial charge in [-0.25, -0.2) is 0 Å². The molecule has 0 saturated carbocycles. The van der Waals surface area contributed by atoms with Crippen molar-refractivity contribution in [1.82, 2.24) is 0 Å². The number of fused-ring (bicyclic) bond motifs is 1. The van der Waals surface area contributed by atoms with Gasteiger partial charge in [0.1, 0.15) is 17.1 Å². The third kappa shape index (κ3) is 7.57. The average molecular weight is 427 g/mol. The first-order valence-corrected chi connectivity index (χ1v) is 11.7. The molecular weight excluding hydrogens is 384 g/mol. The van der Waals surface area contributed by atoms with E-state index in [2.05, 4.69) is 52.8 Å². The quantitative estimate of drug-likeness (QED) is 0.381. The Hall–Kier alpha value is -2.00. The zero-order chi connectivity index (χ0) is 23.0. The molecule has 2 rings (SSSR count). The van der Waals surface area contributed by atoms with Crippen molar-refractivity contribution >= 4 is 0 Å². The number of allylic oxidation sites excluding steroid dienone is 6. The lowest BCUT2D eigenvalue weighted by molar-refractivity contribution is 0.0558. The maximum Gasteiger partial charge on any atom is 0.126 e. The normalized spacial score (nSPS) is 19.1. The van der Waals surface area contributed by atoms with E-state index in [1.807, 2.05) is 6.92 Å². The molecule has 1 aromatic rings. The Morgan fingerprint density at radius 2 is 1.65 bits per heavy atom. The molecule has 0 spiro atoms. The van der Waals surface area contributed by atoms with Crippen molar-refractivity contribution in [2.75, 3.05) is 0 Å². The minimum atomic E-state index is -0.209. The first-order valence-electron chi connectivity index (χ1n) is 11.7. The van der Waals surface area contributed by atoms with Gasteiger partial charge in [-0.15, -0.1) is 0 Å². The maximum absolute atomic E-state index is 10.1. The Morgan fingerprint density at radius 1 is 1.03 bits per heavy atom. The van der Waals surface area contributed by atoms with E-state index in [0.29, 0.717) is 5.56 Å². The van der Waals surface area contributed by atoms with E-state index < -0.39 is 0 Å². The monoisotopic (exact) mass is 426 g/mol. The molecule has 3 heteroatoms. The molecule has 1 heterocycles. The van der Waals surface area contributed by atoms with E-state index in [1.165, 1.54) is 16.7 Å². The Morgan fingerprint density at radius 3 is 2.26 bits per heavy atom. The highest BCUT2D eigenvalue weighted by Gasteiger charge is 2.33. The van der Waals surface area contributed by atoms with Crippen molar-refractivity contribution in [3.63, 3.8) is 0 Å².